The van der Waals surface area contributed by atoms with E-state index in [1.807, 2.05) is 47.7 Å². The van der Waals surface area contributed by atoms with Gasteiger partial charge in [-0.1, -0.05) is 17.7 Å². The number of nitrogens with one attached hydrogen (secondary N) is 1. The highest BCUT2D eigenvalue weighted by Gasteiger charge is 2.20. The minimum Gasteiger partial charge on any atom is -0.454 e. The maximum atomic E-state index is 14.6. The van der Waals surface area contributed by atoms with E-state index in [1.165, 1.54) is 12.1 Å². The maximum absolute atomic E-state index is 14.6. The van der Waals surface area contributed by atoms with Crippen LogP contribution in [0.5, 0.6) is 11.5 Å². The second kappa shape index (κ2) is 6.42. The zero-order valence-electron chi connectivity index (χ0n) is 14.9. The lowest BCUT2D eigenvalue weighted by Gasteiger charge is -2.12. The SMILES string of the molecule is Cc1cccc2nc(-c3cc(Cl)ccc3F)c(Nc3ccc4c(c3)OCO4)n12. The molecule has 0 atom stereocenters. The quantitative estimate of drug-likeness (QED) is 0.492. The maximum Gasteiger partial charge on any atom is 0.231 e. The van der Waals surface area contributed by atoms with E-state index in [0.29, 0.717) is 39.2 Å². The molecule has 0 amide bonds. The second-order valence-electron chi connectivity index (χ2n) is 6.49. The first-order chi connectivity index (χ1) is 13.6. The Labute approximate surface area is 165 Å². The average Bonchev–Trinajstić information content (AvgIpc) is 3.29. The van der Waals surface area contributed by atoms with Crippen molar-refractivity contribution >= 4 is 28.8 Å². The molecule has 0 bridgehead atoms. The van der Waals surface area contributed by atoms with Gasteiger partial charge >= 0.3 is 0 Å². The molecule has 0 saturated carbocycles. The number of rotatable bonds is 3. The van der Waals surface area contributed by atoms with Gasteiger partial charge in [-0.25, -0.2) is 9.37 Å². The summed E-state index contributed by atoms with van der Waals surface area (Å²) in [4.78, 5) is 4.66. The van der Waals surface area contributed by atoms with E-state index in [-0.39, 0.29) is 12.6 Å². The number of benzene rings is 2. The summed E-state index contributed by atoms with van der Waals surface area (Å²) in [6.07, 6.45) is 0. The summed E-state index contributed by atoms with van der Waals surface area (Å²) < 4.78 is 27.4. The van der Waals surface area contributed by atoms with Gasteiger partial charge in [0.05, 0.1) is 0 Å². The highest BCUT2D eigenvalue weighted by Crippen LogP contribution is 2.38. The van der Waals surface area contributed by atoms with Gasteiger partial charge in [0.25, 0.3) is 0 Å². The molecular formula is C21H15ClFN3O2. The van der Waals surface area contributed by atoms with Crippen molar-refractivity contribution in [1.82, 2.24) is 9.38 Å². The molecule has 3 heterocycles. The Balaban J connectivity index is 1.71. The summed E-state index contributed by atoms with van der Waals surface area (Å²) in [7, 11) is 0. The van der Waals surface area contributed by atoms with Crippen molar-refractivity contribution in [2.24, 2.45) is 0 Å². The predicted octanol–water partition coefficient (Wildman–Crippen LogP) is 5.57. The number of pyridine rings is 1. The number of anilines is 2. The summed E-state index contributed by atoms with van der Waals surface area (Å²) in [5, 5.41) is 3.81. The third-order valence-electron chi connectivity index (χ3n) is 4.66. The molecule has 140 valence electrons. The topological polar surface area (TPSA) is 47.8 Å². The zero-order chi connectivity index (χ0) is 19.3. The lowest BCUT2D eigenvalue weighted by atomic mass is 10.1. The third kappa shape index (κ3) is 2.73. The molecule has 1 aliphatic heterocycles. The summed E-state index contributed by atoms with van der Waals surface area (Å²) in [6.45, 7) is 2.17. The molecule has 0 aliphatic carbocycles. The summed E-state index contributed by atoms with van der Waals surface area (Å²) in [5.41, 5.74) is 3.25. The molecule has 2 aromatic heterocycles. The van der Waals surface area contributed by atoms with E-state index in [1.54, 1.807) is 6.07 Å². The Morgan fingerprint density at radius 3 is 2.82 bits per heavy atom. The zero-order valence-corrected chi connectivity index (χ0v) is 15.6. The number of hydrogen-bond acceptors (Lipinski definition) is 4. The van der Waals surface area contributed by atoms with E-state index in [2.05, 4.69) is 10.3 Å². The molecule has 4 aromatic rings. The first-order valence-corrected chi connectivity index (χ1v) is 9.08. The molecule has 0 saturated heterocycles. The largest absolute Gasteiger partial charge is 0.454 e. The van der Waals surface area contributed by atoms with Crippen molar-refractivity contribution in [3.63, 3.8) is 0 Å². The Hall–Kier alpha value is -3.25. The van der Waals surface area contributed by atoms with Crippen molar-refractivity contribution < 1.29 is 13.9 Å². The van der Waals surface area contributed by atoms with Crippen molar-refractivity contribution in [3.05, 3.63) is 71.1 Å². The smallest absolute Gasteiger partial charge is 0.231 e. The predicted molar refractivity (Wildman–Crippen MR) is 106 cm³/mol. The number of nitrogens with zero attached hydrogens (tertiary/aromatic N) is 2. The molecule has 1 aliphatic rings. The monoisotopic (exact) mass is 395 g/mol. The number of hydrogen-bond donors (Lipinski definition) is 1. The van der Waals surface area contributed by atoms with Crippen LogP contribution >= 0.6 is 11.6 Å². The van der Waals surface area contributed by atoms with Gasteiger partial charge in [-0.3, -0.25) is 4.40 Å². The van der Waals surface area contributed by atoms with Crippen LogP contribution in [-0.4, -0.2) is 16.2 Å². The van der Waals surface area contributed by atoms with Gasteiger partial charge in [0.1, 0.15) is 23.0 Å². The number of aryl methyl sites for hydroxylation is 1. The van der Waals surface area contributed by atoms with Crippen molar-refractivity contribution in [2.75, 3.05) is 12.1 Å². The third-order valence-corrected chi connectivity index (χ3v) is 4.89. The van der Waals surface area contributed by atoms with E-state index in [4.69, 9.17) is 21.1 Å². The Morgan fingerprint density at radius 1 is 1.07 bits per heavy atom. The Kier molecular flexibility index (Phi) is 3.87. The van der Waals surface area contributed by atoms with Gasteiger partial charge < -0.3 is 14.8 Å². The summed E-state index contributed by atoms with van der Waals surface area (Å²) in [5.74, 6) is 1.61. The fourth-order valence-corrected chi connectivity index (χ4v) is 3.52. The van der Waals surface area contributed by atoms with Gasteiger partial charge in [-0.05, 0) is 49.4 Å². The van der Waals surface area contributed by atoms with Crippen molar-refractivity contribution in [2.45, 2.75) is 6.92 Å². The number of aromatic nitrogens is 2. The minimum atomic E-state index is -0.390. The molecule has 2 aromatic carbocycles. The van der Waals surface area contributed by atoms with Crippen LogP contribution in [0.2, 0.25) is 5.02 Å². The van der Waals surface area contributed by atoms with Gasteiger partial charge in [0.2, 0.25) is 6.79 Å². The van der Waals surface area contributed by atoms with E-state index >= 15 is 0 Å². The normalized spacial score (nSPS) is 12.5. The molecule has 28 heavy (non-hydrogen) atoms. The molecule has 7 heteroatoms. The highest BCUT2D eigenvalue weighted by molar-refractivity contribution is 6.30. The van der Waals surface area contributed by atoms with Crippen LogP contribution in [0, 0.1) is 12.7 Å². The Morgan fingerprint density at radius 2 is 1.93 bits per heavy atom. The van der Waals surface area contributed by atoms with Crippen LogP contribution in [0.25, 0.3) is 16.9 Å². The number of imidazole rings is 1. The van der Waals surface area contributed by atoms with E-state index in [0.717, 1.165) is 11.4 Å². The average molecular weight is 396 g/mol. The van der Waals surface area contributed by atoms with E-state index < -0.39 is 0 Å². The van der Waals surface area contributed by atoms with Crippen LogP contribution in [0.4, 0.5) is 15.9 Å². The molecule has 0 fully saturated rings. The van der Waals surface area contributed by atoms with Gasteiger partial charge in [0.15, 0.2) is 11.5 Å². The second-order valence-corrected chi connectivity index (χ2v) is 6.92. The van der Waals surface area contributed by atoms with E-state index in [9.17, 15) is 4.39 Å². The fourth-order valence-electron chi connectivity index (χ4n) is 3.35. The van der Waals surface area contributed by atoms with Crippen LogP contribution in [-0.2, 0) is 0 Å². The lowest BCUT2D eigenvalue weighted by Crippen LogP contribution is -2.00. The first kappa shape index (κ1) is 16.9. The summed E-state index contributed by atoms with van der Waals surface area (Å²) >= 11 is 6.12. The lowest BCUT2D eigenvalue weighted by molar-refractivity contribution is 0.174. The van der Waals surface area contributed by atoms with Gasteiger partial charge in [-0.15, -0.1) is 0 Å². The van der Waals surface area contributed by atoms with Crippen molar-refractivity contribution in [3.8, 4) is 22.8 Å². The summed E-state index contributed by atoms with van der Waals surface area (Å²) in [6, 6.07) is 15.8. The number of fused-ring (bicyclic) bond motifs is 2. The number of halogens is 2. The van der Waals surface area contributed by atoms with Crippen molar-refractivity contribution in [1.29, 1.82) is 0 Å². The van der Waals surface area contributed by atoms with Crippen LogP contribution in [0.3, 0.4) is 0 Å². The molecule has 5 rings (SSSR count). The van der Waals surface area contributed by atoms with Gasteiger partial charge in [0, 0.05) is 28.0 Å². The molecule has 1 N–H and O–H groups in total. The first-order valence-electron chi connectivity index (χ1n) is 8.70. The molecule has 5 nitrogen and oxygen atoms in total. The molecule has 0 spiro atoms. The molecule has 0 unspecified atom stereocenters. The van der Waals surface area contributed by atoms with Crippen LogP contribution < -0.4 is 14.8 Å². The minimum absolute atomic E-state index is 0.201. The molecular weight excluding hydrogens is 381 g/mol. The molecule has 0 radical (unpaired) electrons. The fraction of sp³-hybridized carbons (Fsp3) is 0.0952. The van der Waals surface area contributed by atoms with Crippen LogP contribution in [0.15, 0.2) is 54.6 Å². The van der Waals surface area contributed by atoms with Gasteiger partial charge in [-0.2, -0.15) is 0 Å². The van der Waals surface area contributed by atoms with Crippen LogP contribution in [0.1, 0.15) is 5.69 Å². The highest BCUT2D eigenvalue weighted by atomic mass is 35.5. The standard InChI is InChI=1S/C21H15ClFN3O2/c1-12-3-2-4-19-25-20(15-9-13(22)5-7-16(15)23)21(26(12)19)24-14-6-8-17-18(10-14)28-11-27-17/h2-10,24H,11H2,1H3. The number of ether oxygens (including phenoxy) is 2. The Bertz CT molecular complexity index is 1220.